The molecule has 0 spiro atoms. The molecule has 0 radical (unpaired) electrons. The maximum absolute atomic E-state index is 10.4. The topological polar surface area (TPSA) is 476 Å². The monoisotopic (exact) mass is 1260 g/mol. The zero-order chi connectivity index (χ0) is 57.7. The summed E-state index contributed by atoms with van der Waals surface area (Å²) in [4.78, 5) is 72.4. The van der Waals surface area contributed by atoms with E-state index in [0.717, 1.165) is 44.9 Å². The number of benzene rings is 5. The average molecular weight is 1260 g/mol. The van der Waals surface area contributed by atoms with E-state index < -0.39 is 38.2 Å². The molecule has 10 rings (SSSR count). The molecular weight excluding hydrogens is 1230 g/mol. The first-order valence-electron chi connectivity index (χ1n) is 20.5. The first-order valence-corrected chi connectivity index (χ1v) is 25.0. The number of halogens is 2. The van der Waals surface area contributed by atoms with Crippen LogP contribution in [0.2, 0.25) is 0 Å². The van der Waals surface area contributed by atoms with Crippen molar-refractivity contribution in [2.45, 2.75) is 0 Å². The van der Waals surface area contributed by atoms with Crippen LogP contribution in [0, 0.1) is 81.9 Å². The molecule has 5 aromatic heterocycles. The maximum Gasteiger partial charge on any atom is 0.350 e. The Morgan fingerprint density at radius 2 is 0.750 bits per heavy atom. The van der Waals surface area contributed by atoms with Gasteiger partial charge in [0.05, 0.1) is 58.5 Å². The number of carbonyl (C=O) groups excluding carboxylic acids is 2. The molecule has 80 heavy (non-hydrogen) atoms. The number of nitrogen functional groups attached to an aromatic ring is 1. The van der Waals surface area contributed by atoms with Crippen LogP contribution >= 0.6 is 21.4 Å². The summed E-state index contributed by atoms with van der Waals surface area (Å²) in [5, 5.41) is 72.0. The molecule has 10 aromatic rings. The van der Waals surface area contributed by atoms with Crippen LogP contribution in [0.3, 0.4) is 0 Å². The molecule has 0 unspecified atom stereocenters. The van der Waals surface area contributed by atoms with Gasteiger partial charge in [-0.2, -0.15) is 32.6 Å². The Kier molecular flexibility index (Phi) is 24.9. The first kappa shape index (κ1) is 65.7. The number of fused-ring (bicyclic) bond motifs is 5. The smallest absolute Gasteiger partial charge is 0.350 e. The fourth-order valence-corrected chi connectivity index (χ4v) is 6.61. The van der Waals surface area contributed by atoms with E-state index in [9.17, 15) is 57.3 Å². The van der Waals surface area contributed by atoms with Gasteiger partial charge in [0.15, 0.2) is 0 Å². The van der Waals surface area contributed by atoms with E-state index in [1.165, 1.54) is 60.9 Å². The van der Waals surface area contributed by atoms with Gasteiger partial charge in [-0.15, -0.1) is 0 Å². The summed E-state index contributed by atoms with van der Waals surface area (Å²) in [6, 6.07) is 33.5. The van der Waals surface area contributed by atoms with Gasteiger partial charge in [-0.3, -0.25) is 40.5 Å². The molecule has 0 bridgehead atoms. The summed E-state index contributed by atoms with van der Waals surface area (Å²) in [5.41, 5.74) is 11.9. The standard InChI is InChI=1S/2C9H5N3O2.C9H7N3.2C8H6N2O2.2CClNO3S.CH3.Pd/c2*10-4-6-5-11-9-3-7(12(13)14)1-2-8(6)9;10-4-6-5-12-9-3-7(11)1-2-8(6)9;2*11-10(12)7-2-1-6-3-4-9-8(6)5-7;2*2-7(5,6)3-1-4;;/h2*1-3,5,11H;1-3,5,12H,11H2;2*1-5,9H;;;1H3;/q;;;;;;;-1;. The number of isocyanates is 2. The molecule has 0 saturated heterocycles. The number of hydrogen-bond acceptors (Lipinski definition) is 18. The molecule has 5 heterocycles. The Balaban J connectivity index is 0.000000322. The van der Waals surface area contributed by atoms with Gasteiger partial charge in [0.1, 0.15) is 18.2 Å². The molecule has 0 aliphatic heterocycles. The number of anilines is 1. The maximum atomic E-state index is 10.4. The van der Waals surface area contributed by atoms with Crippen LogP contribution in [0.25, 0.3) is 54.5 Å². The Morgan fingerprint density at radius 3 is 1.02 bits per heavy atom. The second kappa shape index (κ2) is 30.3. The zero-order valence-corrected chi connectivity index (χ0v) is 44.6. The minimum absolute atomic E-state index is 0. The second-order valence-electron chi connectivity index (χ2n) is 14.4. The second-order valence-corrected chi connectivity index (χ2v) is 18.8. The van der Waals surface area contributed by atoms with Crippen LogP contribution in [0.1, 0.15) is 16.7 Å². The van der Waals surface area contributed by atoms with Crippen LogP contribution < -0.4 is 5.73 Å². The van der Waals surface area contributed by atoms with Gasteiger partial charge in [-0.1, -0.05) is 8.80 Å². The van der Waals surface area contributed by atoms with E-state index in [2.05, 4.69) is 61.1 Å². The number of aromatic amines is 5. The number of hydrogen-bond donors (Lipinski definition) is 6. The van der Waals surface area contributed by atoms with Gasteiger partial charge in [0.2, 0.25) is 0 Å². The van der Waals surface area contributed by atoms with Crippen molar-refractivity contribution in [3.63, 3.8) is 0 Å². The normalized spacial score (nSPS) is 9.79. The summed E-state index contributed by atoms with van der Waals surface area (Å²) in [6.07, 6.45) is 9.80. The summed E-state index contributed by atoms with van der Waals surface area (Å²) in [7, 11) is 0.752. The SMILES string of the molecule is N#Cc1c[nH]c2cc(N)ccc12.N#Cc1c[nH]c2cc([N+](=O)[O-])ccc12.N#Cc1c[nH]c2cc([N+](=O)[O-])ccc12.O=C=NS(=O)(=O)Cl.O=C=NS(=O)(=O)Cl.O=[N+]([O-])c1ccc2cc[nH]c2c1.O=[N+]([O-])c1ccc2cc[nH]c2c1.[CH3-].[Pd]. The fourth-order valence-electron chi connectivity index (χ4n) is 6.26. The molecule has 0 fully saturated rings. The van der Waals surface area contributed by atoms with Crippen molar-refractivity contribution in [2.24, 2.45) is 8.80 Å². The third kappa shape index (κ3) is 19.6. The van der Waals surface area contributed by atoms with Crippen molar-refractivity contribution in [1.29, 1.82) is 15.8 Å². The molecule has 7 N–H and O–H groups in total. The number of aromatic nitrogens is 5. The number of nitriles is 3. The third-order valence-electron chi connectivity index (χ3n) is 9.61. The van der Waals surface area contributed by atoms with Crippen molar-refractivity contribution < 1.29 is 66.5 Å². The number of nitrogens with zero attached hydrogens (tertiary/aromatic N) is 9. The predicted molar refractivity (Wildman–Crippen MR) is 289 cm³/mol. The number of nitrogens with two attached hydrogens (primary N) is 1. The largest absolute Gasteiger partial charge is 0.399 e. The van der Waals surface area contributed by atoms with Gasteiger partial charge in [-0.25, -0.2) is 9.59 Å². The summed E-state index contributed by atoms with van der Waals surface area (Å²) >= 11 is 0. The first-order chi connectivity index (χ1) is 36.9. The van der Waals surface area contributed by atoms with Crippen LogP contribution in [0.15, 0.2) is 143 Å². The Hall–Kier alpha value is -10.4. The number of H-pyrrole nitrogens is 5. The number of rotatable bonds is 6. The van der Waals surface area contributed by atoms with Crippen LogP contribution in [0.4, 0.5) is 28.4 Å². The van der Waals surface area contributed by atoms with E-state index in [-0.39, 0.29) is 50.6 Å². The Bertz CT molecular complexity index is 4120. The average Bonchev–Trinajstić information content (AvgIpc) is 4.27. The molecule has 29 nitrogen and oxygen atoms in total. The van der Waals surface area contributed by atoms with Crippen molar-refractivity contribution in [3.8, 4) is 18.2 Å². The number of nitrogens with one attached hydrogen (secondary N) is 5. The third-order valence-corrected chi connectivity index (χ3v) is 10.6. The molecule has 412 valence electrons. The zero-order valence-electron chi connectivity index (χ0n) is 39.9. The van der Waals surface area contributed by atoms with Crippen LogP contribution in [0.5, 0.6) is 0 Å². The van der Waals surface area contributed by atoms with Crippen molar-refractivity contribution in [2.75, 3.05) is 5.73 Å². The molecular formula is C46H32Cl2N15O14PdS2-. The minimum atomic E-state index is -4.00. The molecule has 34 heteroatoms. The van der Waals surface area contributed by atoms with Gasteiger partial charge < -0.3 is 38.1 Å². The predicted octanol–water partition coefficient (Wildman–Crippen LogP) is 9.73. The number of nitro benzene ring substituents is 4. The van der Waals surface area contributed by atoms with Crippen molar-refractivity contribution in [3.05, 3.63) is 199 Å². The Labute approximate surface area is 471 Å². The molecule has 0 saturated carbocycles. The fraction of sp³-hybridized carbons (Fsp3) is 0. The van der Waals surface area contributed by atoms with Crippen LogP contribution in [-0.4, -0.2) is 73.6 Å². The van der Waals surface area contributed by atoms with Gasteiger partial charge in [0, 0.05) is 149 Å². The Morgan fingerprint density at radius 1 is 0.463 bits per heavy atom. The molecule has 0 aliphatic rings. The number of non-ortho nitro benzene ring substituents is 4. The van der Waals surface area contributed by atoms with Gasteiger partial charge >= 0.3 is 18.5 Å². The molecule has 5 aromatic carbocycles. The summed E-state index contributed by atoms with van der Waals surface area (Å²) in [6.45, 7) is 0. The molecule has 0 amide bonds. The van der Waals surface area contributed by atoms with E-state index >= 15 is 0 Å². The summed E-state index contributed by atoms with van der Waals surface area (Å²) < 4.78 is 42.6. The molecule has 0 aliphatic carbocycles. The summed E-state index contributed by atoms with van der Waals surface area (Å²) in [5.74, 6) is 0. The van der Waals surface area contributed by atoms with Gasteiger partial charge in [0.25, 0.3) is 34.9 Å². The molecule has 0 atom stereocenters. The van der Waals surface area contributed by atoms with E-state index in [0.29, 0.717) is 44.2 Å². The van der Waals surface area contributed by atoms with E-state index in [1.807, 2.05) is 36.4 Å². The van der Waals surface area contributed by atoms with Crippen molar-refractivity contribution in [1.82, 2.24) is 24.9 Å². The quantitative estimate of drug-likeness (QED) is 0.0132. The van der Waals surface area contributed by atoms with Crippen LogP contribution in [-0.2, 0) is 48.5 Å². The van der Waals surface area contributed by atoms with E-state index in [4.69, 9.17) is 31.1 Å². The van der Waals surface area contributed by atoms with E-state index in [1.54, 1.807) is 48.9 Å². The van der Waals surface area contributed by atoms with Gasteiger partial charge in [-0.05, 0) is 65.4 Å². The number of nitro groups is 4. The van der Waals surface area contributed by atoms with Crippen molar-refractivity contribution >= 4 is 135 Å². The minimum Gasteiger partial charge on any atom is -0.399 e.